The number of hydrogen-bond donors (Lipinski definition) is 2. The van der Waals surface area contributed by atoms with E-state index in [9.17, 15) is 0 Å². The fraction of sp³-hybridized carbons (Fsp3) is 0.257. The zero-order valence-electron chi connectivity index (χ0n) is 21.8. The molecular formula is C35H36N2. The van der Waals surface area contributed by atoms with E-state index >= 15 is 0 Å². The molecular weight excluding hydrogens is 448 g/mol. The van der Waals surface area contributed by atoms with E-state index < -0.39 is 0 Å². The predicted molar refractivity (Wildman–Crippen MR) is 161 cm³/mol. The van der Waals surface area contributed by atoms with Crippen molar-refractivity contribution in [2.24, 2.45) is 0 Å². The molecule has 0 aliphatic rings. The molecule has 0 radical (unpaired) electrons. The molecule has 0 amide bonds. The van der Waals surface area contributed by atoms with Gasteiger partial charge in [-0.15, -0.1) is 0 Å². The molecule has 0 bridgehead atoms. The number of rotatable bonds is 11. The summed E-state index contributed by atoms with van der Waals surface area (Å²) in [4.78, 5) is 0. The largest absolute Gasteiger partial charge is 0.313 e. The number of benzene rings is 6. The first-order valence-electron chi connectivity index (χ1n) is 13.9. The molecule has 0 saturated carbocycles. The molecule has 0 saturated heterocycles. The highest BCUT2D eigenvalue weighted by atomic mass is 14.9. The monoisotopic (exact) mass is 484 g/mol. The summed E-state index contributed by atoms with van der Waals surface area (Å²) < 4.78 is 0. The van der Waals surface area contributed by atoms with Crippen LogP contribution in [0.3, 0.4) is 0 Å². The fourth-order valence-corrected chi connectivity index (χ4v) is 5.96. The van der Waals surface area contributed by atoms with E-state index in [0.29, 0.717) is 6.04 Å². The van der Waals surface area contributed by atoms with Gasteiger partial charge in [-0.1, -0.05) is 110 Å². The third kappa shape index (κ3) is 4.92. The van der Waals surface area contributed by atoms with Crippen molar-refractivity contribution in [3.05, 3.63) is 108 Å². The molecule has 0 unspecified atom stereocenters. The van der Waals surface area contributed by atoms with Gasteiger partial charge in [0, 0.05) is 12.6 Å². The molecule has 0 aliphatic heterocycles. The van der Waals surface area contributed by atoms with Crippen LogP contribution in [0.5, 0.6) is 0 Å². The second kappa shape index (κ2) is 10.9. The van der Waals surface area contributed by atoms with Crippen molar-refractivity contribution in [2.45, 2.75) is 45.2 Å². The maximum atomic E-state index is 3.74. The lowest BCUT2D eigenvalue weighted by Crippen LogP contribution is -2.20. The second-order valence-electron chi connectivity index (χ2n) is 10.4. The van der Waals surface area contributed by atoms with Gasteiger partial charge in [0.15, 0.2) is 0 Å². The summed E-state index contributed by atoms with van der Waals surface area (Å²) in [5, 5.41) is 18.4. The van der Waals surface area contributed by atoms with E-state index in [-0.39, 0.29) is 0 Å². The summed E-state index contributed by atoms with van der Waals surface area (Å²) in [5.74, 6) is 0. The third-order valence-corrected chi connectivity index (χ3v) is 7.96. The minimum Gasteiger partial charge on any atom is -0.313 e. The van der Waals surface area contributed by atoms with Gasteiger partial charge in [0.05, 0.1) is 0 Å². The predicted octanol–water partition coefficient (Wildman–Crippen LogP) is 8.74. The molecule has 0 fully saturated rings. The van der Waals surface area contributed by atoms with Crippen LogP contribution in [-0.2, 0) is 6.54 Å². The SMILES string of the molecule is C[C@@H](NCCCCCCNCc1ccc2ccc3cccc4ccc1c2c34)c1cccc2ccccc12. The van der Waals surface area contributed by atoms with E-state index in [2.05, 4.69) is 115 Å². The molecule has 2 heteroatoms. The lowest BCUT2D eigenvalue weighted by atomic mass is 9.92. The molecule has 0 aromatic heterocycles. The third-order valence-electron chi connectivity index (χ3n) is 7.96. The van der Waals surface area contributed by atoms with Crippen LogP contribution in [0.2, 0.25) is 0 Å². The van der Waals surface area contributed by atoms with E-state index in [1.54, 1.807) is 0 Å². The first kappa shape index (κ1) is 23.9. The summed E-state index contributed by atoms with van der Waals surface area (Å²) in [6, 6.07) is 36.0. The molecule has 0 spiro atoms. The Morgan fingerprint density at radius 2 is 1.19 bits per heavy atom. The van der Waals surface area contributed by atoms with E-state index in [0.717, 1.165) is 19.6 Å². The zero-order chi connectivity index (χ0) is 25.0. The quantitative estimate of drug-likeness (QED) is 0.142. The van der Waals surface area contributed by atoms with Gasteiger partial charge in [-0.3, -0.25) is 0 Å². The molecule has 37 heavy (non-hydrogen) atoms. The first-order chi connectivity index (χ1) is 18.3. The molecule has 1 atom stereocenters. The molecule has 6 aromatic rings. The molecule has 6 rings (SSSR count). The van der Waals surface area contributed by atoms with Gasteiger partial charge < -0.3 is 10.6 Å². The molecule has 0 aliphatic carbocycles. The van der Waals surface area contributed by atoms with Crippen molar-refractivity contribution in [1.82, 2.24) is 10.6 Å². The van der Waals surface area contributed by atoms with Crippen LogP contribution in [-0.4, -0.2) is 13.1 Å². The minimum absolute atomic E-state index is 0.373. The van der Waals surface area contributed by atoms with E-state index in [1.807, 2.05) is 0 Å². The van der Waals surface area contributed by atoms with Crippen LogP contribution in [0, 0.1) is 0 Å². The van der Waals surface area contributed by atoms with Crippen LogP contribution in [0.25, 0.3) is 43.1 Å². The average molecular weight is 485 g/mol. The van der Waals surface area contributed by atoms with Crippen molar-refractivity contribution < 1.29 is 0 Å². The van der Waals surface area contributed by atoms with Crippen molar-refractivity contribution in [2.75, 3.05) is 13.1 Å². The Morgan fingerprint density at radius 3 is 2.05 bits per heavy atom. The average Bonchev–Trinajstić information content (AvgIpc) is 2.95. The topological polar surface area (TPSA) is 24.1 Å². The Morgan fingerprint density at radius 1 is 0.541 bits per heavy atom. The Bertz CT molecular complexity index is 1610. The van der Waals surface area contributed by atoms with Gasteiger partial charge in [0.2, 0.25) is 0 Å². The molecule has 0 heterocycles. The molecule has 2 nitrogen and oxygen atoms in total. The van der Waals surface area contributed by atoms with Crippen LogP contribution in [0.15, 0.2) is 97.1 Å². The number of nitrogens with one attached hydrogen (secondary N) is 2. The number of unbranched alkanes of at least 4 members (excludes halogenated alkanes) is 3. The van der Waals surface area contributed by atoms with Gasteiger partial charge in [0.25, 0.3) is 0 Å². The molecule has 6 aromatic carbocycles. The first-order valence-corrected chi connectivity index (χ1v) is 13.9. The fourth-order valence-electron chi connectivity index (χ4n) is 5.96. The van der Waals surface area contributed by atoms with Crippen LogP contribution in [0.1, 0.15) is 49.8 Å². The summed E-state index contributed by atoms with van der Waals surface area (Å²) >= 11 is 0. The van der Waals surface area contributed by atoms with Gasteiger partial charge in [-0.25, -0.2) is 0 Å². The van der Waals surface area contributed by atoms with Gasteiger partial charge in [-0.2, -0.15) is 0 Å². The Kier molecular flexibility index (Phi) is 7.03. The Balaban J connectivity index is 0.955. The zero-order valence-corrected chi connectivity index (χ0v) is 21.8. The highest BCUT2D eigenvalue weighted by Gasteiger charge is 2.11. The molecule has 2 N–H and O–H groups in total. The van der Waals surface area contributed by atoms with E-state index in [4.69, 9.17) is 0 Å². The van der Waals surface area contributed by atoms with Crippen LogP contribution >= 0.6 is 0 Å². The second-order valence-corrected chi connectivity index (χ2v) is 10.4. The van der Waals surface area contributed by atoms with Crippen molar-refractivity contribution in [3.63, 3.8) is 0 Å². The van der Waals surface area contributed by atoms with Crippen molar-refractivity contribution in [1.29, 1.82) is 0 Å². The standard InChI is InChI=1S/C35H36N2/c1-25(31-15-9-11-26-10-4-5-14-32(26)31)37-23-7-3-2-6-22-36-24-30-19-18-29-17-16-27-12-8-13-28-20-21-33(30)35(29)34(27)28/h4-5,8-21,25,36-37H,2-3,6-7,22-24H2,1H3/t25-/m1/s1. The van der Waals surface area contributed by atoms with Gasteiger partial charge in [-0.05, 0) is 87.1 Å². The highest BCUT2D eigenvalue weighted by Crippen LogP contribution is 2.35. The summed E-state index contributed by atoms with van der Waals surface area (Å²) in [6.45, 7) is 5.35. The lowest BCUT2D eigenvalue weighted by Gasteiger charge is -2.16. The maximum absolute atomic E-state index is 3.74. The maximum Gasteiger partial charge on any atom is 0.0297 e. The number of fused-ring (bicyclic) bond motifs is 1. The van der Waals surface area contributed by atoms with Gasteiger partial charge >= 0.3 is 0 Å². The Labute approximate surface area is 220 Å². The van der Waals surface area contributed by atoms with Crippen molar-refractivity contribution >= 4 is 43.1 Å². The van der Waals surface area contributed by atoms with Gasteiger partial charge in [0.1, 0.15) is 0 Å². The summed E-state index contributed by atoms with van der Waals surface area (Å²) in [6.07, 6.45) is 5.00. The normalized spacial score (nSPS) is 12.8. The summed E-state index contributed by atoms with van der Waals surface area (Å²) in [5.41, 5.74) is 2.80. The van der Waals surface area contributed by atoms with Crippen molar-refractivity contribution in [3.8, 4) is 0 Å². The highest BCUT2D eigenvalue weighted by molar-refractivity contribution is 6.23. The molecule has 186 valence electrons. The van der Waals surface area contributed by atoms with Crippen LogP contribution < -0.4 is 10.6 Å². The summed E-state index contributed by atoms with van der Waals surface area (Å²) in [7, 11) is 0. The minimum atomic E-state index is 0.373. The smallest absolute Gasteiger partial charge is 0.0297 e. The van der Waals surface area contributed by atoms with E-state index in [1.165, 1.54) is 79.9 Å². The van der Waals surface area contributed by atoms with Crippen LogP contribution in [0.4, 0.5) is 0 Å². The number of hydrogen-bond acceptors (Lipinski definition) is 2. The lowest BCUT2D eigenvalue weighted by molar-refractivity contribution is 0.527. The Hall–Kier alpha value is -3.46.